The minimum absolute atomic E-state index is 0.0650. The van der Waals surface area contributed by atoms with E-state index in [4.69, 9.17) is 9.15 Å². The number of ether oxygens (including phenoxy) is 1. The van der Waals surface area contributed by atoms with E-state index >= 15 is 0 Å². The van der Waals surface area contributed by atoms with Crippen LogP contribution >= 0.6 is 0 Å². The molecule has 2 aliphatic rings. The Balaban J connectivity index is 1.15. The summed E-state index contributed by atoms with van der Waals surface area (Å²) in [5.41, 5.74) is 4.01. The van der Waals surface area contributed by atoms with Gasteiger partial charge in [0.2, 0.25) is 10.0 Å². The third kappa shape index (κ3) is 7.23. The molecule has 2 heterocycles. The molecule has 42 heavy (non-hydrogen) atoms. The second-order valence-electron chi connectivity index (χ2n) is 11.5. The summed E-state index contributed by atoms with van der Waals surface area (Å²) < 4.78 is 40.0. The molecule has 2 aromatic carbocycles. The molecule has 3 aromatic rings. The lowest BCUT2D eigenvalue weighted by Gasteiger charge is -2.29. The molecule has 0 atom stereocenters. The first-order chi connectivity index (χ1) is 20.1. The highest BCUT2D eigenvalue weighted by atomic mass is 32.2. The van der Waals surface area contributed by atoms with Crippen LogP contribution in [-0.2, 0) is 29.5 Å². The van der Waals surface area contributed by atoms with Gasteiger partial charge in [-0.25, -0.2) is 8.42 Å². The van der Waals surface area contributed by atoms with Crippen LogP contribution in [0, 0.1) is 13.8 Å². The van der Waals surface area contributed by atoms with Crippen molar-refractivity contribution in [1.82, 2.24) is 14.5 Å². The van der Waals surface area contributed by atoms with E-state index in [1.165, 1.54) is 16.1 Å². The number of amides is 1. The van der Waals surface area contributed by atoms with Crippen LogP contribution in [0.1, 0.15) is 64.1 Å². The number of nitrogens with one attached hydrogen (secondary N) is 1. The van der Waals surface area contributed by atoms with Crippen molar-refractivity contribution in [2.24, 2.45) is 0 Å². The predicted molar refractivity (Wildman–Crippen MR) is 160 cm³/mol. The number of likely N-dealkylation sites (tertiary alicyclic amines) is 1. The van der Waals surface area contributed by atoms with Gasteiger partial charge in [-0.3, -0.25) is 9.69 Å². The number of benzene rings is 2. The highest BCUT2D eigenvalue weighted by molar-refractivity contribution is 7.89. The fourth-order valence-corrected chi connectivity index (χ4v) is 7.70. The molecule has 2 fully saturated rings. The second-order valence-corrected chi connectivity index (χ2v) is 13.3. The average Bonchev–Trinajstić information content (AvgIpc) is 3.69. The molecule has 1 aliphatic heterocycles. The Kier molecular flexibility index (Phi) is 9.37. The summed E-state index contributed by atoms with van der Waals surface area (Å²) in [7, 11) is -2.23. The standard InChI is InChI=1S/C32H41N3O6S/c1-22-16-29(40-3)17-23(2)31(22)42(38,39)35(27-8-9-27)20-30-18-26(21-41-30)32(37)33-13-10-24-4-6-25(7-5-24)19-34-14-11-28(36)12-15-34/h4-7,16-18,21,27-28,36H,8-15,19-20H2,1-3H3,(H,33,37). The Morgan fingerprint density at radius 1 is 1.05 bits per heavy atom. The molecule has 0 radical (unpaired) electrons. The van der Waals surface area contributed by atoms with Gasteiger partial charge in [0.1, 0.15) is 17.8 Å². The summed E-state index contributed by atoms with van der Waals surface area (Å²) >= 11 is 0. The van der Waals surface area contributed by atoms with E-state index in [1.807, 2.05) is 0 Å². The van der Waals surface area contributed by atoms with Crippen LogP contribution in [0.15, 0.2) is 58.0 Å². The zero-order valence-electron chi connectivity index (χ0n) is 24.6. The maximum atomic E-state index is 13.8. The van der Waals surface area contributed by atoms with Crippen LogP contribution in [-0.4, -0.2) is 67.5 Å². The van der Waals surface area contributed by atoms with E-state index in [0.717, 1.165) is 50.9 Å². The first-order valence-electron chi connectivity index (χ1n) is 14.6. The summed E-state index contributed by atoms with van der Waals surface area (Å²) in [5, 5.41) is 12.6. The highest BCUT2D eigenvalue weighted by Gasteiger charge is 2.40. The topological polar surface area (TPSA) is 112 Å². The van der Waals surface area contributed by atoms with Crippen molar-refractivity contribution in [2.45, 2.75) is 76.1 Å². The molecular weight excluding hydrogens is 554 g/mol. The van der Waals surface area contributed by atoms with Crippen LogP contribution in [0.3, 0.4) is 0 Å². The van der Waals surface area contributed by atoms with Crippen LogP contribution < -0.4 is 10.1 Å². The Labute approximate surface area is 248 Å². The number of furan rings is 1. The van der Waals surface area contributed by atoms with Crippen LogP contribution in [0.2, 0.25) is 0 Å². The molecule has 1 amide bonds. The average molecular weight is 596 g/mol. The zero-order chi connectivity index (χ0) is 29.9. The Bertz CT molecular complexity index is 1470. The largest absolute Gasteiger partial charge is 0.497 e. The van der Waals surface area contributed by atoms with Gasteiger partial charge in [0, 0.05) is 32.2 Å². The van der Waals surface area contributed by atoms with E-state index in [0.29, 0.717) is 46.1 Å². The smallest absolute Gasteiger partial charge is 0.254 e. The zero-order valence-corrected chi connectivity index (χ0v) is 25.5. The number of aliphatic hydroxyl groups is 1. The van der Waals surface area contributed by atoms with Gasteiger partial charge >= 0.3 is 0 Å². The Morgan fingerprint density at radius 2 is 1.69 bits per heavy atom. The number of nitrogens with zero attached hydrogens (tertiary/aromatic N) is 2. The van der Waals surface area contributed by atoms with Gasteiger partial charge in [-0.15, -0.1) is 0 Å². The number of aliphatic hydroxyl groups excluding tert-OH is 1. The molecule has 226 valence electrons. The number of piperidine rings is 1. The maximum absolute atomic E-state index is 13.8. The molecule has 0 unspecified atom stereocenters. The Hall–Kier alpha value is -3.18. The molecule has 1 saturated carbocycles. The van der Waals surface area contributed by atoms with Crippen LogP contribution in [0.4, 0.5) is 0 Å². The van der Waals surface area contributed by atoms with Crippen LogP contribution in [0.5, 0.6) is 5.75 Å². The number of aryl methyl sites for hydroxylation is 2. The van der Waals surface area contributed by atoms with Gasteiger partial charge < -0.3 is 19.6 Å². The quantitative estimate of drug-likeness (QED) is 0.323. The van der Waals surface area contributed by atoms with Crippen LogP contribution in [0.25, 0.3) is 0 Å². The van der Waals surface area contributed by atoms with E-state index in [1.54, 1.807) is 39.2 Å². The summed E-state index contributed by atoms with van der Waals surface area (Å²) in [6.07, 6.45) is 5.17. The SMILES string of the molecule is COc1cc(C)c(S(=O)(=O)N(Cc2cc(C(=O)NCCc3ccc(CN4CCC(O)CC4)cc3)co2)C2CC2)c(C)c1. The van der Waals surface area contributed by atoms with E-state index < -0.39 is 10.0 Å². The molecule has 2 N–H and O–H groups in total. The van der Waals surface area contributed by atoms with Crippen molar-refractivity contribution in [3.8, 4) is 5.75 Å². The molecule has 1 saturated heterocycles. The molecule has 0 bridgehead atoms. The summed E-state index contributed by atoms with van der Waals surface area (Å²) in [6, 6.07) is 13.4. The van der Waals surface area contributed by atoms with Gasteiger partial charge in [0.05, 0.1) is 30.2 Å². The van der Waals surface area contributed by atoms with E-state index in [9.17, 15) is 18.3 Å². The number of sulfonamides is 1. The lowest BCUT2D eigenvalue weighted by molar-refractivity contribution is 0.0792. The van der Waals surface area contributed by atoms with Gasteiger partial charge in [-0.1, -0.05) is 24.3 Å². The molecule has 9 nitrogen and oxygen atoms in total. The van der Waals surface area contributed by atoms with Gasteiger partial charge in [-0.2, -0.15) is 4.31 Å². The lowest BCUT2D eigenvalue weighted by atomic mass is 10.1. The monoisotopic (exact) mass is 595 g/mol. The van der Waals surface area contributed by atoms with Crippen molar-refractivity contribution >= 4 is 15.9 Å². The number of methoxy groups -OCH3 is 1. The first kappa shape index (κ1) is 30.3. The third-order valence-corrected chi connectivity index (χ3v) is 10.3. The Morgan fingerprint density at radius 3 is 2.31 bits per heavy atom. The molecule has 0 spiro atoms. The number of carbonyl (C=O) groups is 1. The normalized spacial score (nSPS) is 16.6. The third-order valence-electron chi connectivity index (χ3n) is 8.10. The number of rotatable bonds is 12. The number of hydrogen-bond acceptors (Lipinski definition) is 7. The van der Waals surface area contributed by atoms with Crippen molar-refractivity contribution in [2.75, 3.05) is 26.7 Å². The molecule has 1 aliphatic carbocycles. The number of carbonyl (C=O) groups excluding carboxylic acids is 1. The van der Waals surface area contributed by atoms with Crippen molar-refractivity contribution in [3.63, 3.8) is 0 Å². The second kappa shape index (κ2) is 13.0. The molecule has 1 aromatic heterocycles. The van der Waals surface area contributed by atoms with Crippen molar-refractivity contribution in [1.29, 1.82) is 0 Å². The van der Waals surface area contributed by atoms with Gasteiger partial charge in [-0.05, 0) is 86.4 Å². The highest BCUT2D eigenvalue weighted by Crippen LogP contribution is 2.36. The van der Waals surface area contributed by atoms with Crippen molar-refractivity contribution < 1.29 is 27.5 Å². The van der Waals surface area contributed by atoms with Gasteiger partial charge in [0.15, 0.2) is 0 Å². The first-order valence-corrected chi connectivity index (χ1v) is 16.1. The molecule has 10 heteroatoms. The van der Waals surface area contributed by atoms with Gasteiger partial charge in [0.25, 0.3) is 5.91 Å². The minimum atomic E-state index is -3.79. The minimum Gasteiger partial charge on any atom is -0.497 e. The number of hydrogen-bond donors (Lipinski definition) is 2. The fraction of sp³-hybridized carbons (Fsp3) is 0.469. The van der Waals surface area contributed by atoms with Crippen molar-refractivity contribution in [3.05, 3.63) is 82.3 Å². The maximum Gasteiger partial charge on any atom is 0.254 e. The lowest BCUT2D eigenvalue weighted by Crippen LogP contribution is -2.35. The molecule has 5 rings (SSSR count). The predicted octanol–water partition coefficient (Wildman–Crippen LogP) is 4.19. The fourth-order valence-electron chi connectivity index (χ4n) is 5.63. The molecular formula is C32H41N3O6S. The van der Waals surface area contributed by atoms with E-state index in [-0.39, 0.29) is 24.6 Å². The summed E-state index contributed by atoms with van der Waals surface area (Å²) in [4.78, 5) is 15.5. The van der Waals surface area contributed by atoms with E-state index in [2.05, 4.69) is 34.5 Å². The summed E-state index contributed by atoms with van der Waals surface area (Å²) in [6.45, 7) is 6.81. The summed E-state index contributed by atoms with van der Waals surface area (Å²) in [5.74, 6) is 0.797.